The lowest BCUT2D eigenvalue weighted by Gasteiger charge is -2.12. The van der Waals surface area contributed by atoms with E-state index in [0.29, 0.717) is 22.2 Å². The number of carbonyl (C=O) groups is 1. The number of anilines is 2. The van der Waals surface area contributed by atoms with Crippen molar-refractivity contribution in [3.05, 3.63) is 69.7 Å². The third-order valence-electron chi connectivity index (χ3n) is 4.31. The van der Waals surface area contributed by atoms with E-state index in [9.17, 15) is 18.0 Å². The van der Waals surface area contributed by atoms with Crippen LogP contribution in [0.2, 0.25) is 0 Å². The van der Waals surface area contributed by atoms with E-state index in [1.54, 1.807) is 12.1 Å². The van der Waals surface area contributed by atoms with Crippen LogP contribution >= 0.6 is 12.2 Å². The molecule has 0 unspecified atom stereocenters. The molecule has 3 N–H and O–H groups in total. The predicted octanol–water partition coefficient (Wildman–Crippen LogP) is 2.88. The van der Waals surface area contributed by atoms with Gasteiger partial charge in [-0.2, -0.15) is 0 Å². The number of allylic oxidation sites excluding steroid dienone is 1. The van der Waals surface area contributed by atoms with Crippen LogP contribution in [0.25, 0.3) is 10.9 Å². The molecule has 1 heterocycles. The van der Waals surface area contributed by atoms with Crippen molar-refractivity contribution < 1.29 is 17.9 Å². The molecule has 3 rings (SSSR count). The predicted molar refractivity (Wildman–Crippen MR) is 123 cm³/mol. The molecule has 9 nitrogen and oxygen atoms in total. The monoisotopic (exact) mass is 460 g/mol. The summed E-state index contributed by atoms with van der Waals surface area (Å²) in [7, 11) is -2.10. The van der Waals surface area contributed by atoms with E-state index in [1.165, 1.54) is 42.0 Å². The number of benzene rings is 2. The highest BCUT2D eigenvalue weighted by molar-refractivity contribution is 7.92. The van der Waals surface area contributed by atoms with E-state index in [4.69, 9.17) is 17.0 Å². The molecular weight excluding hydrogens is 440 g/mol. The first-order chi connectivity index (χ1) is 14.6. The first-order valence-electron chi connectivity index (χ1n) is 8.98. The second kappa shape index (κ2) is 8.74. The van der Waals surface area contributed by atoms with Crippen LogP contribution in [0, 0.1) is 4.77 Å². The third-order valence-corrected chi connectivity index (χ3v) is 5.22. The molecule has 0 radical (unpaired) electrons. The van der Waals surface area contributed by atoms with Gasteiger partial charge in [-0.1, -0.05) is 6.08 Å². The number of amides is 1. The Hall–Kier alpha value is -3.44. The Balaban J connectivity index is 1.91. The van der Waals surface area contributed by atoms with Gasteiger partial charge in [-0.25, -0.2) is 8.42 Å². The summed E-state index contributed by atoms with van der Waals surface area (Å²) in [6, 6.07) is 9.14. The zero-order valence-corrected chi connectivity index (χ0v) is 18.4. The number of ether oxygens (including phenoxy) is 1. The molecule has 1 aromatic heterocycles. The summed E-state index contributed by atoms with van der Waals surface area (Å²) in [5.74, 6) is -0.184. The molecule has 0 aliphatic carbocycles. The molecule has 11 heteroatoms. The maximum atomic E-state index is 12.7. The fraction of sp³-hybridized carbons (Fsp3) is 0.150. The Morgan fingerprint density at radius 3 is 2.68 bits per heavy atom. The van der Waals surface area contributed by atoms with Gasteiger partial charge in [0.1, 0.15) is 5.75 Å². The lowest BCUT2D eigenvalue weighted by Crippen LogP contribution is -2.22. The topological polar surface area (TPSA) is 122 Å². The number of aromatic nitrogens is 2. The van der Waals surface area contributed by atoms with Crippen LogP contribution in [0.4, 0.5) is 11.4 Å². The number of nitrogens with one attached hydrogen (secondary N) is 3. The summed E-state index contributed by atoms with van der Waals surface area (Å²) in [5, 5.41) is 3.11. The van der Waals surface area contributed by atoms with Gasteiger partial charge in [0.05, 0.1) is 30.0 Å². The van der Waals surface area contributed by atoms with Gasteiger partial charge in [0.25, 0.3) is 11.5 Å². The van der Waals surface area contributed by atoms with Gasteiger partial charge in [-0.3, -0.25) is 18.9 Å². The smallest absolute Gasteiger partial charge is 0.262 e. The lowest BCUT2D eigenvalue weighted by atomic mass is 10.1. The van der Waals surface area contributed by atoms with Crippen molar-refractivity contribution in [2.45, 2.75) is 6.54 Å². The van der Waals surface area contributed by atoms with Crippen LogP contribution in [0.5, 0.6) is 5.75 Å². The zero-order chi connectivity index (χ0) is 22.8. The van der Waals surface area contributed by atoms with E-state index in [2.05, 4.69) is 21.6 Å². The third kappa shape index (κ3) is 5.01. The van der Waals surface area contributed by atoms with Crippen molar-refractivity contribution in [3.63, 3.8) is 0 Å². The van der Waals surface area contributed by atoms with Gasteiger partial charge >= 0.3 is 0 Å². The van der Waals surface area contributed by atoms with Crippen molar-refractivity contribution in [1.29, 1.82) is 0 Å². The molecule has 162 valence electrons. The minimum atomic E-state index is -3.49. The van der Waals surface area contributed by atoms with Gasteiger partial charge in [0.2, 0.25) is 10.0 Å². The van der Waals surface area contributed by atoms with E-state index >= 15 is 0 Å². The van der Waals surface area contributed by atoms with Crippen LogP contribution in [0.3, 0.4) is 0 Å². The second-order valence-corrected chi connectivity index (χ2v) is 8.77. The van der Waals surface area contributed by atoms with Gasteiger partial charge in [0.15, 0.2) is 4.77 Å². The quantitative estimate of drug-likeness (QED) is 0.368. The van der Waals surface area contributed by atoms with Crippen LogP contribution in [-0.2, 0) is 16.6 Å². The Bertz CT molecular complexity index is 1410. The Kier molecular flexibility index (Phi) is 6.27. The summed E-state index contributed by atoms with van der Waals surface area (Å²) in [6.07, 6.45) is 2.60. The molecule has 0 saturated heterocycles. The van der Waals surface area contributed by atoms with Crippen LogP contribution < -0.4 is 20.3 Å². The number of rotatable bonds is 7. The number of carbonyl (C=O) groups excluding carboxylic acids is 1. The summed E-state index contributed by atoms with van der Waals surface area (Å²) in [6.45, 7) is 3.89. The number of sulfonamides is 1. The zero-order valence-electron chi connectivity index (χ0n) is 16.8. The Labute approximate surface area is 183 Å². The van der Waals surface area contributed by atoms with Crippen molar-refractivity contribution in [1.82, 2.24) is 9.55 Å². The van der Waals surface area contributed by atoms with Gasteiger partial charge < -0.3 is 15.0 Å². The molecule has 0 fully saturated rings. The standard InChI is InChI=1S/C20H20N4O5S2/c1-4-9-24-19(26)14-7-5-12(10-16(14)22-20(24)30)18(25)21-13-6-8-15(17(11-13)29-2)23-31(3,27)28/h4-8,10-11,23H,1,9H2,2-3H3,(H,21,25)(H,22,30). The summed E-state index contributed by atoms with van der Waals surface area (Å²) < 4.78 is 32.1. The number of fused-ring (bicyclic) bond motifs is 1. The summed E-state index contributed by atoms with van der Waals surface area (Å²) in [5.41, 5.74) is 1.11. The first kappa shape index (κ1) is 22.2. The molecule has 2 aromatic carbocycles. The first-order valence-corrected chi connectivity index (χ1v) is 11.3. The highest BCUT2D eigenvalue weighted by Crippen LogP contribution is 2.29. The molecule has 0 saturated carbocycles. The maximum Gasteiger partial charge on any atom is 0.262 e. The van der Waals surface area contributed by atoms with Crippen molar-refractivity contribution in [2.24, 2.45) is 0 Å². The molecule has 0 aliphatic heterocycles. The molecule has 3 aromatic rings. The van der Waals surface area contributed by atoms with E-state index < -0.39 is 15.9 Å². The van der Waals surface area contributed by atoms with Crippen molar-refractivity contribution >= 4 is 50.4 Å². The largest absolute Gasteiger partial charge is 0.494 e. The number of hydrogen-bond acceptors (Lipinski definition) is 6. The van der Waals surface area contributed by atoms with Crippen LogP contribution in [0.1, 0.15) is 10.4 Å². The van der Waals surface area contributed by atoms with Crippen molar-refractivity contribution in [2.75, 3.05) is 23.4 Å². The highest BCUT2D eigenvalue weighted by Gasteiger charge is 2.13. The Morgan fingerprint density at radius 1 is 1.29 bits per heavy atom. The van der Waals surface area contributed by atoms with E-state index in [1.807, 2.05) is 0 Å². The normalized spacial score (nSPS) is 11.2. The molecule has 0 aliphatic rings. The number of hydrogen-bond donors (Lipinski definition) is 3. The summed E-state index contributed by atoms with van der Waals surface area (Å²) >= 11 is 5.22. The van der Waals surface area contributed by atoms with Crippen LogP contribution in [-0.4, -0.2) is 37.2 Å². The molecule has 0 spiro atoms. The van der Waals surface area contributed by atoms with E-state index in [0.717, 1.165) is 6.26 Å². The minimum Gasteiger partial charge on any atom is -0.494 e. The number of nitrogens with zero attached hydrogens (tertiary/aromatic N) is 1. The minimum absolute atomic E-state index is 0.230. The van der Waals surface area contributed by atoms with Gasteiger partial charge in [-0.15, -0.1) is 6.58 Å². The molecule has 31 heavy (non-hydrogen) atoms. The molecule has 0 bridgehead atoms. The molecule has 1 amide bonds. The summed E-state index contributed by atoms with van der Waals surface area (Å²) in [4.78, 5) is 28.2. The molecule has 0 atom stereocenters. The average molecular weight is 461 g/mol. The lowest BCUT2D eigenvalue weighted by molar-refractivity contribution is 0.102. The average Bonchev–Trinajstić information content (AvgIpc) is 2.70. The van der Waals surface area contributed by atoms with Crippen LogP contribution in [0.15, 0.2) is 53.8 Å². The molecular formula is C20H20N4O5S2. The Morgan fingerprint density at radius 2 is 2.03 bits per heavy atom. The SMILES string of the molecule is C=CCn1c(=S)[nH]c2cc(C(=O)Nc3ccc(NS(C)(=O)=O)c(OC)c3)ccc2c1=O. The fourth-order valence-electron chi connectivity index (χ4n) is 2.95. The maximum absolute atomic E-state index is 12.7. The van der Waals surface area contributed by atoms with E-state index in [-0.39, 0.29) is 28.3 Å². The number of methoxy groups -OCH3 is 1. The van der Waals surface area contributed by atoms with Gasteiger partial charge in [0, 0.05) is 23.9 Å². The van der Waals surface area contributed by atoms with Gasteiger partial charge in [-0.05, 0) is 42.5 Å². The highest BCUT2D eigenvalue weighted by atomic mass is 32.2. The number of H-pyrrole nitrogens is 1. The second-order valence-electron chi connectivity index (χ2n) is 6.64. The van der Waals surface area contributed by atoms with Crippen molar-refractivity contribution in [3.8, 4) is 5.75 Å². The number of aromatic amines is 1. The fourth-order valence-corrected chi connectivity index (χ4v) is 3.78.